The number of rotatable bonds is 5. The zero-order valence-electron chi connectivity index (χ0n) is 15.2. The molecule has 0 aliphatic heterocycles. The zero-order valence-corrected chi connectivity index (χ0v) is 16.0. The van der Waals surface area contributed by atoms with Gasteiger partial charge in [-0.05, 0) is 30.3 Å². The summed E-state index contributed by atoms with van der Waals surface area (Å²) in [6.45, 7) is 0. The van der Waals surface area contributed by atoms with E-state index in [2.05, 4.69) is 0 Å². The molecule has 30 heavy (non-hydrogen) atoms. The third kappa shape index (κ3) is 3.42. The lowest BCUT2D eigenvalue weighted by Gasteiger charge is -2.24. The third-order valence-electron chi connectivity index (χ3n) is 4.55. The lowest BCUT2D eigenvalue weighted by Crippen LogP contribution is -2.34. The van der Waals surface area contributed by atoms with Gasteiger partial charge in [-0.15, -0.1) is 0 Å². The van der Waals surface area contributed by atoms with Crippen molar-refractivity contribution in [3.05, 3.63) is 82.5 Å². The van der Waals surface area contributed by atoms with E-state index >= 15 is 0 Å². The van der Waals surface area contributed by atoms with Gasteiger partial charge >= 0.3 is 0 Å². The van der Waals surface area contributed by atoms with Crippen LogP contribution >= 0.6 is 11.6 Å². The van der Waals surface area contributed by atoms with E-state index in [9.17, 15) is 29.4 Å². The van der Waals surface area contributed by atoms with Gasteiger partial charge in [0.05, 0.1) is 23.2 Å². The van der Waals surface area contributed by atoms with Gasteiger partial charge in [-0.3, -0.25) is 9.36 Å². The number of carbonyl (C=O) groups is 1. The van der Waals surface area contributed by atoms with Crippen LogP contribution in [0.5, 0.6) is 0 Å². The maximum Gasteiger partial charge on any atom is 0.227 e. The molecular formula is C22H11ClF2N4O. The fourth-order valence-corrected chi connectivity index (χ4v) is 3.44. The molecule has 0 bridgehead atoms. The number of halogens is 3. The lowest BCUT2D eigenvalue weighted by molar-refractivity contribution is 0.0955. The first-order valence-electron chi connectivity index (χ1n) is 8.55. The number of Topliss-reactive ketones (excluding diaryl/α,β-unsaturated/α-hetero) is 1. The Morgan fingerprint density at radius 2 is 1.60 bits per heavy atom. The fourth-order valence-electron chi connectivity index (χ4n) is 3.10. The molecule has 0 aliphatic rings. The Labute approximate surface area is 175 Å². The molecule has 5 nitrogen and oxygen atoms in total. The van der Waals surface area contributed by atoms with E-state index < -0.39 is 29.4 Å². The Kier molecular flexibility index (Phi) is 5.65. The van der Waals surface area contributed by atoms with Gasteiger partial charge in [-0.25, -0.2) is 8.78 Å². The average Bonchev–Trinajstić information content (AvgIpc) is 3.09. The van der Waals surface area contributed by atoms with Crippen LogP contribution in [-0.4, -0.2) is 10.4 Å². The molecule has 0 radical (unpaired) electrons. The van der Waals surface area contributed by atoms with Crippen molar-refractivity contribution in [1.82, 2.24) is 4.57 Å². The monoisotopic (exact) mass is 420 g/mol. The summed E-state index contributed by atoms with van der Waals surface area (Å²) in [6.07, 6.45) is -0.762. The highest BCUT2D eigenvalue weighted by Crippen LogP contribution is 2.38. The maximum atomic E-state index is 14.5. The first-order chi connectivity index (χ1) is 14.4. The van der Waals surface area contributed by atoms with Gasteiger partial charge in [0.15, 0.2) is 5.78 Å². The predicted molar refractivity (Wildman–Crippen MR) is 104 cm³/mol. The average molecular weight is 421 g/mol. The van der Waals surface area contributed by atoms with Crippen molar-refractivity contribution in [3.8, 4) is 29.5 Å². The van der Waals surface area contributed by atoms with Crippen LogP contribution < -0.4 is 0 Å². The van der Waals surface area contributed by atoms with Gasteiger partial charge in [0.1, 0.15) is 35.0 Å². The van der Waals surface area contributed by atoms with E-state index in [-0.39, 0.29) is 27.5 Å². The van der Waals surface area contributed by atoms with Gasteiger partial charge in [0.2, 0.25) is 5.54 Å². The second kappa shape index (κ2) is 8.17. The SMILES string of the molecule is N#Cc1cc(-c2ccccc2F)n(C(C#N)(C#N)CC(=O)c2ccccc2F)c1Cl. The molecule has 8 heteroatoms. The molecule has 2 aromatic carbocycles. The molecular weight excluding hydrogens is 410 g/mol. The Morgan fingerprint density at radius 3 is 2.17 bits per heavy atom. The third-order valence-corrected chi connectivity index (χ3v) is 4.93. The van der Waals surface area contributed by atoms with Crippen LogP contribution in [0.3, 0.4) is 0 Å². The van der Waals surface area contributed by atoms with Gasteiger partial charge in [-0.1, -0.05) is 35.9 Å². The van der Waals surface area contributed by atoms with Crippen molar-refractivity contribution in [2.45, 2.75) is 12.0 Å². The highest BCUT2D eigenvalue weighted by molar-refractivity contribution is 6.31. The molecule has 146 valence electrons. The van der Waals surface area contributed by atoms with E-state index in [4.69, 9.17) is 11.6 Å². The number of hydrogen-bond donors (Lipinski definition) is 0. The summed E-state index contributed by atoms with van der Waals surface area (Å²) in [7, 11) is 0. The molecule has 0 spiro atoms. The molecule has 0 amide bonds. The number of nitriles is 3. The predicted octanol–water partition coefficient (Wildman–Crippen LogP) is 4.97. The summed E-state index contributed by atoms with van der Waals surface area (Å²) < 4.78 is 29.5. The number of hydrogen-bond acceptors (Lipinski definition) is 4. The smallest absolute Gasteiger partial charge is 0.227 e. The Balaban J connectivity index is 2.24. The number of carbonyl (C=O) groups excluding carboxylic acids is 1. The van der Waals surface area contributed by atoms with Crippen LogP contribution in [0.25, 0.3) is 11.3 Å². The van der Waals surface area contributed by atoms with Crippen molar-refractivity contribution >= 4 is 17.4 Å². The topological polar surface area (TPSA) is 93.4 Å². The van der Waals surface area contributed by atoms with E-state index in [1.165, 1.54) is 42.5 Å². The van der Waals surface area contributed by atoms with E-state index in [1.807, 2.05) is 6.07 Å². The number of aromatic nitrogens is 1. The molecule has 0 atom stereocenters. The highest BCUT2D eigenvalue weighted by atomic mass is 35.5. The number of ketones is 1. The van der Waals surface area contributed by atoms with Crippen molar-refractivity contribution in [2.24, 2.45) is 0 Å². The van der Waals surface area contributed by atoms with Gasteiger partial charge in [-0.2, -0.15) is 15.8 Å². The molecule has 1 heterocycles. The standard InChI is InChI=1S/C22H11ClF2N4O/c23-21-14(11-26)9-19(15-5-1-3-7-17(15)24)29(21)22(12-27,13-28)10-20(30)16-6-2-4-8-18(16)25/h1-9H,10H2. The van der Waals surface area contributed by atoms with Crippen molar-refractivity contribution in [1.29, 1.82) is 15.8 Å². The van der Waals surface area contributed by atoms with Crippen LogP contribution in [0.15, 0.2) is 54.6 Å². The van der Waals surface area contributed by atoms with Gasteiger partial charge < -0.3 is 0 Å². The molecule has 0 saturated carbocycles. The summed E-state index contributed by atoms with van der Waals surface area (Å²) in [5.41, 5.74) is -2.71. The maximum absolute atomic E-state index is 14.5. The summed E-state index contributed by atoms with van der Waals surface area (Å²) in [5, 5.41) is 28.8. The van der Waals surface area contributed by atoms with Crippen molar-refractivity contribution < 1.29 is 13.6 Å². The summed E-state index contributed by atoms with van der Waals surface area (Å²) in [5.74, 6) is -2.31. The summed E-state index contributed by atoms with van der Waals surface area (Å²) in [4.78, 5) is 12.7. The van der Waals surface area contributed by atoms with Crippen LogP contribution in [0, 0.1) is 45.6 Å². The Morgan fingerprint density at radius 1 is 1.00 bits per heavy atom. The quantitative estimate of drug-likeness (QED) is 0.544. The Hall–Kier alpha value is -3.99. The zero-order chi connectivity index (χ0) is 21.9. The minimum atomic E-state index is -2.25. The largest absolute Gasteiger partial charge is 0.299 e. The molecule has 0 N–H and O–H groups in total. The van der Waals surface area contributed by atoms with Crippen LogP contribution in [0.1, 0.15) is 22.3 Å². The Bertz CT molecular complexity index is 1260. The van der Waals surface area contributed by atoms with Crippen LogP contribution in [0.4, 0.5) is 8.78 Å². The molecule has 0 aliphatic carbocycles. The summed E-state index contributed by atoms with van der Waals surface area (Å²) >= 11 is 6.26. The van der Waals surface area contributed by atoms with Crippen molar-refractivity contribution in [2.75, 3.05) is 0 Å². The van der Waals surface area contributed by atoms with Gasteiger partial charge in [0.25, 0.3) is 0 Å². The minimum Gasteiger partial charge on any atom is -0.299 e. The lowest BCUT2D eigenvalue weighted by atomic mass is 9.91. The van der Waals surface area contributed by atoms with Crippen molar-refractivity contribution in [3.63, 3.8) is 0 Å². The van der Waals surface area contributed by atoms with Crippen LogP contribution in [0.2, 0.25) is 5.15 Å². The molecule has 3 aromatic rings. The number of benzene rings is 2. The van der Waals surface area contributed by atoms with E-state index in [0.717, 1.165) is 16.7 Å². The number of nitrogens with zero attached hydrogens (tertiary/aromatic N) is 4. The normalized spacial score (nSPS) is 10.7. The minimum absolute atomic E-state index is 0.0193. The molecule has 3 rings (SSSR count). The molecule has 0 fully saturated rings. The van der Waals surface area contributed by atoms with E-state index in [1.54, 1.807) is 12.1 Å². The molecule has 0 unspecified atom stereocenters. The second-order valence-electron chi connectivity index (χ2n) is 6.32. The van der Waals surface area contributed by atoms with E-state index in [0.29, 0.717) is 0 Å². The first-order valence-corrected chi connectivity index (χ1v) is 8.93. The van der Waals surface area contributed by atoms with Crippen LogP contribution in [-0.2, 0) is 5.54 Å². The fraction of sp³-hybridized carbons (Fsp3) is 0.0909. The van der Waals surface area contributed by atoms with Gasteiger partial charge in [0, 0.05) is 5.56 Å². The first kappa shape index (κ1) is 20.7. The highest BCUT2D eigenvalue weighted by Gasteiger charge is 2.40. The molecule has 0 saturated heterocycles. The second-order valence-corrected chi connectivity index (χ2v) is 6.68. The summed E-state index contributed by atoms with van der Waals surface area (Å²) in [6, 6.07) is 17.2. The molecule has 1 aromatic heterocycles.